The summed E-state index contributed by atoms with van der Waals surface area (Å²) in [7, 11) is 0. The molecule has 0 spiro atoms. The second kappa shape index (κ2) is 9.23. The molecule has 0 aliphatic carbocycles. The number of imidazole rings is 1. The van der Waals surface area contributed by atoms with E-state index in [0.717, 1.165) is 11.1 Å². The first kappa shape index (κ1) is 20.4. The third-order valence-electron chi connectivity index (χ3n) is 4.73. The highest BCUT2D eigenvalue weighted by Gasteiger charge is 2.23. The minimum absolute atomic E-state index is 0.170. The van der Waals surface area contributed by atoms with Crippen molar-refractivity contribution in [3.05, 3.63) is 70.6 Å². The van der Waals surface area contributed by atoms with Gasteiger partial charge in [0.05, 0.1) is 17.6 Å². The van der Waals surface area contributed by atoms with E-state index in [9.17, 15) is 14.4 Å². The molecule has 0 radical (unpaired) electrons. The van der Waals surface area contributed by atoms with Crippen LogP contribution in [-0.4, -0.2) is 33.7 Å². The van der Waals surface area contributed by atoms with Crippen LogP contribution in [0.15, 0.2) is 59.4 Å². The number of hydrogen-bond acceptors (Lipinski definition) is 4. The number of carbonyl (C=O) groups excluding carboxylic acids is 2. The van der Waals surface area contributed by atoms with Crippen LogP contribution in [0.3, 0.4) is 0 Å². The normalized spacial score (nSPS) is 11.9. The SMILES string of the molecule is CCOC(=O)[C@H](Cc1ccccc1)NC(=O)Cn1c(=O)n(CC)c2ccccc21. The highest BCUT2D eigenvalue weighted by molar-refractivity contribution is 5.86. The lowest BCUT2D eigenvalue weighted by Gasteiger charge is -2.17. The number of hydrogen-bond donors (Lipinski definition) is 1. The standard InChI is InChI=1S/C22H25N3O4/c1-3-24-18-12-8-9-13-19(18)25(22(24)28)15-20(26)23-17(21(27)29-4-2)14-16-10-6-5-7-11-16/h5-13,17H,3-4,14-15H2,1-2H3,(H,23,26)/t17-/m0/s1. The zero-order valence-corrected chi connectivity index (χ0v) is 16.6. The summed E-state index contributed by atoms with van der Waals surface area (Å²) in [4.78, 5) is 37.8. The molecule has 1 heterocycles. The molecule has 7 heteroatoms. The fourth-order valence-electron chi connectivity index (χ4n) is 3.40. The summed E-state index contributed by atoms with van der Waals surface area (Å²) >= 11 is 0. The van der Waals surface area contributed by atoms with Crippen molar-refractivity contribution < 1.29 is 14.3 Å². The smallest absolute Gasteiger partial charge is 0.329 e. The lowest BCUT2D eigenvalue weighted by Crippen LogP contribution is -2.45. The van der Waals surface area contributed by atoms with E-state index in [1.165, 1.54) is 4.57 Å². The Morgan fingerprint density at radius 2 is 1.59 bits per heavy atom. The minimum Gasteiger partial charge on any atom is -0.464 e. The van der Waals surface area contributed by atoms with Gasteiger partial charge in [0, 0.05) is 13.0 Å². The molecule has 1 N–H and O–H groups in total. The van der Waals surface area contributed by atoms with Gasteiger partial charge in [0.2, 0.25) is 5.91 Å². The van der Waals surface area contributed by atoms with E-state index < -0.39 is 17.9 Å². The van der Waals surface area contributed by atoms with Crippen LogP contribution in [0, 0.1) is 0 Å². The first-order chi connectivity index (χ1) is 14.0. The number of ether oxygens (including phenoxy) is 1. The molecule has 1 amide bonds. The number of carbonyl (C=O) groups is 2. The van der Waals surface area contributed by atoms with Gasteiger partial charge in [0.1, 0.15) is 12.6 Å². The van der Waals surface area contributed by atoms with Crippen molar-refractivity contribution in [3.63, 3.8) is 0 Å². The molecular formula is C22H25N3O4. The third-order valence-corrected chi connectivity index (χ3v) is 4.73. The summed E-state index contributed by atoms with van der Waals surface area (Å²) in [5.41, 5.74) is 2.12. The van der Waals surface area contributed by atoms with Crippen molar-refractivity contribution in [1.29, 1.82) is 0 Å². The van der Waals surface area contributed by atoms with Crippen LogP contribution in [0.1, 0.15) is 19.4 Å². The van der Waals surface area contributed by atoms with E-state index >= 15 is 0 Å². The molecule has 2 aromatic carbocycles. The lowest BCUT2D eigenvalue weighted by atomic mass is 10.1. The van der Waals surface area contributed by atoms with Crippen molar-refractivity contribution in [1.82, 2.24) is 14.5 Å². The topological polar surface area (TPSA) is 82.3 Å². The summed E-state index contributed by atoms with van der Waals surface area (Å²) in [5, 5.41) is 2.74. The van der Waals surface area contributed by atoms with Gasteiger partial charge in [0.15, 0.2) is 0 Å². The van der Waals surface area contributed by atoms with Gasteiger partial charge < -0.3 is 10.1 Å². The number of nitrogens with one attached hydrogen (secondary N) is 1. The van der Waals surface area contributed by atoms with Crippen LogP contribution in [0.25, 0.3) is 11.0 Å². The van der Waals surface area contributed by atoms with Gasteiger partial charge in [0.25, 0.3) is 0 Å². The molecule has 7 nitrogen and oxygen atoms in total. The quantitative estimate of drug-likeness (QED) is 0.592. The molecule has 1 atom stereocenters. The molecule has 0 saturated carbocycles. The van der Waals surface area contributed by atoms with Crippen molar-refractivity contribution in [2.45, 2.75) is 39.4 Å². The fraction of sp³-hybridized carbons (Fsp3) is 0.318. The average molecular weight is 395 g/mol. The Morgan fingerprint density at radius 3 is 2.21 bits per heavy atom. The summed E-state index contributed by atoms with van der Waals surface area (Å²) in [5.74, 6) is -0.909. The predicted octanol–water partition coefficient (Wildman–Crippen LogP) is 2.11. The van der Waals surface area contributed by atoms with E-state index in [1.54, 1.807) is 11.5 Å². The van der Waals surface area contributed by atoms with Crippen LogP contribution in [-0.2, 0) is 33.8 Å². The Morgan fingerprint density at radius 1 is 0.966 bits per heavy atom. The Bertz CT molecular complexity index is 1050. The third kappa shape index (κ3) is 4.56. The molecule has 0 saturated heterocycles. The van der Waals surface area contributed by atoms with Gasteiger partial charge in [-0.15, -0.1) is 0 Å². The highest BCUT2D eigenvalue weighted by Crippen LogP contribution is 2.12. The largest absolute Gasteiger partial charge is 0.464 e. The molecule has 0 aliphatic rings. The number of amides is 1. The van der Waals surface area contributed by atoms with Gasteiger partial charge >= 0.3 is 11.7 Å². The summed E-state index contributed by atoms with van der Waals surface area (Å²) < 4.78 is 8.17. The van der Waals surface area contributed by atoms with Gasteiger partial charge in [-0.05, 0) is 31.5 Å². The monoisotopic (exact) mass is 395 g/mol. The second-order valence-electron chi connectivity index (χ2n) is 6.66. The zero-order chi connectivity index (χ0) is 20.8. The minimum atomic E-state index is -0.819. The number of esters is 1. The molecule has 0 fully saturated rings. The number of benzene rings is 2. The molecule has 152 valence electrons. The van der Waals surface area contributed by atoms with Gasteiger partial charge in [-0.1, -0.05) is 42.5 Å². The number of aromatic nitrogens is 2. The zero-order valence-electron chi connectivity index (χ0n) is 16.6. The Kier molecular flexibility index (Phi) is 6.49. The van der Waals surface area contributed by atoms with Crippen LogP contribution < -0.4 is 11.0 Å². The first-order valence-electron chi connectivity index (χ1n) is 9.73. The molecular weight excluding hydrogens is 370 g/mol. The van der Waals surface area contributed by atoms with E-state index in [1.807, 2.05) is 61.5 Å². The van der Waals surface area contributed by atoms with E-state index in [2.05, 4.69) is 5.32 Å². The number of fused-ring (bicyclic) bond motifs is 1. The molecule has 29 heavy (non-hydrogen) atoms. The van der Waals surface area contributed by atoms with Crippen molar-refractivity contribution in [2.75, 3.05) is 6.61 Å². The van der Waals surface area contributed by atoms with Crippen LogP contribution >= 0.6 is 0 Å². The maximum atomic E-state index is 12.7. The summed E-state index contributed by atoms with van der Waals surface area (Å²) in [6.07, 6.45) is 0.316. The number of nitrogens with zero attached hydrogens (tertiary/aromatic N) is 2. The van der Waals surface area contributed by atoms with Gasteiger partial charge in [-0.2, -0.15) is 0 Å². The van der Waals surface area contributed by atoms with Crippen molar-refractivity contribution in [2.24, 2.45) is 0 Å². The average Bonchev–Trinajstić information content (AvgIpc) is 2.99. The number of aryl methyl sites for hydroxylation is 1. The fourth-order valence-corrected chi connectivity index (χ4v) is 3.40. The summed E-state index contributed by atoms with van der Waals surface area (Å²) in [6, 6.07) is 15.9. The van der Waals surface area contributed by atoms with Crippen LogP contribution in [0.5, 0.6) is 0 Å². The van der Waals surface area contributed by atoms with Crippen LogP contribution in [0.4, 0.5) is 0 Å². The molecule has 3 aromatic rings. The first-order valence-corrected chi connectivity index (χ1v) is 9.73. The molecule has 0 aliphatic heterocycles. The highest BCUT2D eigenvalue weighted by atomic mass is 16.5. The van der Waals surface area contributed by atoms with E-state index in [0.29, 0.717) is 18.5 Å². The van der Waals surface area contributed by atoms with Crippen molar-refractivity contribution in [3.8, 4) is 0 Å². The lowest BCUT2D eigenvalue weighted by molar-refractivity contribution is -0.147. The maximum absolute atomic E-state index is 12.7. The predicted molar refractivity (Wildman–Crippen MR) is 111 cm³/mol. The Hall–Kier alpha value is -3.35. The number of para-hydroxylation sites is 2. The maximum Gasteiger partial charge on any atom is 0.329 e. The second-order valence-corrected chi connectivity index (χ2v) is 6.66. The summed E-state index contributed by atoms with van der Waals surface area (Å²) in [6.45, 7) is 4.17. The van der Waals surface area contributed by atoms with Crippen LogP contribution in [0.2, 0.25) is 0 Å². The van der Waals surface area contributed by atoms with Gasteiger partial charge in [-0.25, -0.2) is 9.59 Å². The van der Waals surface area contributed by atoms with Crippen molar-refractivity contribution >= 4 is 22.9 Å². The Labute approximate surface area is 168 Å². The molecule has 1 aromatic heterocycles. The molecule has 0 unspecified atom stereocenters. The molecule has 3 rings (SSSR count). The van der Waals surface area contributed by atoms with Gasteiger partial charge in [-0.3, -0.25) is 13.9 Å². The Balaban J connectivity index is 1.82. The molecule has 0 bridgehead atoms. The number of rotatable bonds is 8. The van der Waals surface area contributed by atoms with E-state index in [4.69, 9.17) is 4.74 Å². The van der Waals surface area contributed by atoms with E-state index in [-0.39, 0.29) is 18.8 Å².